The van der Waals surface area contributed by atoms with Crippen molar-refractivity contribution in [1.29, 1.82) is 0 Å². The fourth-order valence-electron chi connectivity index (χ4n) is 3.61. The second-order valence-corrected chi connectivity index (χ2v) is 7.90. The number of hydrogen-bond donors (Lipinski definition) is 1. The van der Waals surface area contributed by atoms with Gasteiger partial charge in [-0.15, -0.1) is 0 Å². The van der Waals surface area contributed by atoms with Gasteiger partial charge in [0.2, 0.25) is 0 Å². The summed E-state index contributed by atoms with van der Waals surface area (Å²) in [6.07, 6.45) is 29.5. The lowest BCUT2D eigenvalue weighted by atomic mass is 9.74. The fourth-order valence-corrected chi connectivity index (χ4v) is 3.61. The van der Waals surface area contributed by atoms with Crippen LogP contribution in [0.1, 0.15) is 122 Å². The van der Waals surface area contributed by atoms with E-state index >= 15 is 0 Å². The Morgan fingerprint density at radius 3 is 1.65 bits per heavy atom. The molecule has 1 fully saturated rings. The van der Waals surface area contributed by atoms with Crippen LogP contribution in [-0.2, 0) is 0 Å². The first-order valence-electron chi connectivity index (χ1n) is 10.7. The van der Waals surface area contributed by atoms with Crippen molar-refractivity contribution in [3.8, 4) is 0 Å². The van der Waals surface area contributed by atoms with Crippen molar-refractivity contribution in [3.63, 3.8) is 0 Å². The van der Waals surface area contributed by atoms with Crippen LogP contribution < -0.4 is 5.73 Å². The molecule has 23 heavy (non-hydrogen) atoms. The zero-order chi connectivity index (χ0) is 16.6. The zero-order valence-electron chi connectivity index (χ0n) is 16.0. The number of allylic oxidation sites excluding steroid dienone is 2. The number of hydrogen-bond acceptors (Lipinski definition) is 1. The molecule has 0 radical (unpaired) electrons. The van der Waals surface area contributed by atoms with Crippen LogP contribution in [0.15, 0.2) is 12.2 Å². The molecule has 0 saturated heterocycles. The van der Waals surface area contributed by atoms with Crippen LogP contribution in [-0.4, -0.2) is 5.54 Å². The monoisotopic (exact) mass is 321 g/mol. The van der Waals surface area contributed by atoms with E-state index in [1.807, 2.05) is 0 Å². The van der Waals surface area contributed by atoms with Crippen LogP contribution in [0.4, 0.5) is 0 Å². The van der Waals surface area contributed by atoms with Crippen molar-refractivity contribution >= 4 is 0 Å². The molecule has 1 heteroatoms. The molecule has 1 saturated carbocycles. The maximum absolute atomic E-state index is 6.26. The molecule has 136 valence electrons. The van der Waals surface area contributed by atoms with Gasteiger partial charge < -0.3 is 5.73 Å². The molecular formula is C22H43N. The fraction of sp³-hybridized carbons (Fsp3) is 0.909. The summed E-state index contributed by atoms with van der Waals surface area (Å²) in [5.41, 5.74) is 6.51. The van der Waals surface area contributed by atoms with Gasteiger partial charge in [-0.3, -0.25) is 0 Å². The van der Waals surface area contributed by atoms with Crippen LogP contribution in [0.3, 0.4) is 0 Å². The van der Waals surface area contributed by atoms with Gasteiger partial charge in [-0.2, -0.15) is 0 Å². The minimum atomic E-state index is 0.251. The molecule has 2 N–H and O–H groups in total. The average Bonchev–Trinajstić information content (AvgIpc) is 2.53. The van der Waals surface area contributed by atoms with Gasteiger partial charge in [-0.1, -0.05) is 83.3 Å². The highest BCUT2D eigenvalue weighted by Gasteiger charge is 2.31. The minimum absolute atomic E-state index is 0.251. The molecule has 0 bridgehead atoms. The zero-order valence-corrected chi connectivity index (χ0v) is 16.0. The molecule has 1 nitrogen and oxygen atoms in total. The molecule has 1 rings (SSSR count). The van der Waals surface area contributed by atoms with Crippen LogP contribution >= 0.6 is 0 Å². The molecule has 0 aromatic rings. The van der Waals surface area contributed by atoms with Crippen molar-refractivity contribution in [2.45, 2.75) is 128 Å². The predicted molar refractivity (Wildman–Crippen MR) is 105 cm³/mol. The molecule has 0 unspecified atom stereocenters. The highest BCUT2D eigenvalue weighted by Crippen LogP contribution is 2.33. The molecule has 0 aliphatic heterocycles. The van der Waals surface area contributed by atoms with E-state index in [0.717, 1.165) is 0 Å². The lowest BCUT2D eigenvalue weighted by molar-refractivity contribution is 0.224. The van der Waals surface area contributed by atoms with Gasteiger partial charge >= 0.3 is 0 Å². The van der Waals surface area contributed by atoms with Gasteiger partial charge in [0.1, 0.15) is 0 Å². The molecule has 0 aromatic heterocycles. The van der Waals surface area contributed by atoms with E-state index in [9.17, 15) is 0 Å². The van der Waals surface area contributed by atoms with E-state index in [2.05, 4.69) is 19.1 Å². The van der Waals surface area contributed by atoms with E-state index < -0.39 is 0 Å². The standard InChI is InChI=1S/C22H43N/c1-2-3-4-5-6-7-8-9-10-11-12-13-14-15-16-17-19-22(23)20-18-21-22/h9-10H,2-8,11-21,23H2,1H3/b10-9+. The molecule has 0 aromatic carbocycles. The van der Waals surface area contributed by atoms with Crippen molar-refractivity contribution in [2.24, 2.45) is 5.73 Å². The van der Waals surface area contributed by atoms with Crippen LogP contribution in [0.2, 0.25) is 0 Å². The SMILES string of the molecule is CCCCCCCC/C=C/CCCCCCCCC1(N)CCC1. The number of rotatable bonds is 16. The van der Waals surface area contributed by atoms with E-state index in [1.54, 1.807) is 0 Å². The Kier molecular flexibility index (Phi) is 12.7. The van der Waals surface area contributed by atoms with Crippen molar-refractivity contribution < 1.29 is 0 Å². The summed E-state index contributed by atoms with van der Waals surface area (Å²) < 4.78 is 0. The van der Waals surface area contributed by atoms with Crippen LogP contribution in [0.25, 0.3) is 0 Å². The lowest BCUT2D eigenvalue weighted by Crippen LogP contribution is -2.46. The number of nitrogens with two attached hydrogens (primary N) is 1. The molecule has 1 aliphatic carbocycles. The number of unbranched alkanes of at least 4 members (excludes halogenated alkanes) is 12. The normalized spacial score (nSPS) is 16.8. The third-order valence-electron chi connectivity index (χ3n) is 5.54. The van der Waals surface area contributed by atoms with E-state index in [4.69, 9.17) is 5.73 Å². The van der Waals surface area contributed by atoms with Gasteiger partial charge in [0.05, 0.1) is 0 Å². The Bertz CT molecular complexity index is 278. The Labute approximate surface area is 146 Å². The molecular weight excluding hydrogens is 278 g/mol. The van der Waals surface area contributed by atoms with Crippen molar-refractivity contribution in [2.75, 3.05) is 0 Å². The summed E-state index contributed by atoms with van der Waals surface area (Å²) in [6.45, 7) is 2.28. The average molecular weight is 322 g/mol. The van der Waals surface area contributed by atoms with E-state index in [0.29, 0.717) is 0 Å². The highest BCUT2D eigenvalue weighted by molar-refractivity contribution is 4.92. The minimum Gasteiger partial charge on any atom is -0.325 e. The molecule has 0 amide bonds. The van der Waals surface area contributed by atoms with Gasteiger partial charge in [-0.05, 0) is 51.4 Å². The summed E-state index contributed by atoms with van der Waals surface area (Å²) in [4.78, 5) is 0. The Morgan fingerprint density at radius 1 is 0.696 bits per heavy atom. The molecule has 0 spiro atoms. The second-order valence-electron chi connectivity index (χ2n) is 7.90. The maximum atomic E-state index is 6.26. The quantitative estimate of drug-likeness (QED) is 0.234. The summed E-state index contributed by atoms with van der Waals surface area (Å²) in [5, 5.41) is 0. The van der Waals surface area contributed by atoms with Crippen LogP contribution in [0.5, 0.6) is 0 Å². The Morgan fingerprint density at radius 2 is 1.17 bits per heavy atom. The van der Waals surface area contributed by atoms with Gasteiger partial charge in [0.25, 0.3) is 0 Å². The third kappa shape index (κ3) is 11.8. The summed E-state index contributed by atoms with van der Waals surface area (Å²) >= 11 is 0. The largest absolute Gasteiger partial charge is 0.325 e. The topological polar surface area (TPSA) is 26.0 Å². The van der Waals surface area contributed by atoms with Gasteiger partial charge in [-0.25, -0.2) is 0 Å². The summed E-state index contributed by atoms with van der Waals surface area (Å²) in [7, 11) is 0. The van der Waals surface area contributed by atoms with E-state index in [-0.39, 0.29) is 5.54 Å². The molecule has 1 aliphatic rings. The third-order valence-corrected chi connectivity index (χ3v) is 5.54. The van der Waals surface area contributed by atoms with Gasteiger partial charge in [0, 0.05) is 5.54 Å². The highest BCUT2D eigenvalue weighted by atomic mass is 14.8. The first-order chi connectivity index (χ1) is 11.3. The van der Waals surface area contributed by atoms with E-state index in [1.165, 1.54) is 116 Å². The maximum Gasteiger partial charge on any atom is 0.0154 e. The van der Waals surface area contributed by atoms with Gasteiger partial charge in [0.15, 0.2) is 0 Å². The first kappa shape index (κ1) is 20.7. The van der Waals surface area contributed by atoms with Crippen molar-refractivity contribution in [1.82, 2.24) is 0 Å². The lowest BCUT2D eigenvalue weighted by Gasteiger charge is -2.38. The van der Waals surface area contributed by atoms with Crippen molar-refractivity contribution in [3.05, 3.63) is 12.2 Å². The molecule has 0 atom stereocenters. The molecule has 0 heterocycles. The second kappa shape index (κ2) is 14.1. The Hall–Kier alpha value is -0.300. The summed E-state index contributed by atoms with van der Waals surface area (Å²) in [5.74, 6) is 0. The predicted octanol–water partition coefficient (Wildman–Crippen LogP) is 7.30. The first-order valence-corrected chi connectivity index (χ1v) is 10.7. The smallest absolute Gasteiger partial charge is 0.0154 e. The summed E-state index contributed by atoms with van der Waals surface area (Å²) in [6, 6.07) is 0. The Balaban J connectivity index is 1.71. The van der Waals surface area contributed by atoms with Crippen LogP contribution in [0, 0.1) is 0 Å².